The van der Waals surface area contributed by atoms with Crippen molar-refractivity contribution >= 4 is 40.9 Å². The lowest BCUT2D eigenvalue weighted by Crippen LogP contribution is -2.50. The molecule has 1 saturated carbocycles. The SMILES string of the molecule is O=S(=O)(OS12CCS(OS(=O)(=O)C(F)(F)F)(CC1)C(C1CC1)C2)C(F)(F)F. The molecule has 162 valence electrons. The van der Waals surface area contributed by atoms with Gasteiger partial charge in [-0.2, -0.15) is 43.2 Å². The quantitative estimate of drug-likeness (QED) is 0.439. The van der Waals surface area contributed by atoms with Gasteiger partial charge in [-0.25, -0.2) is 7.26 Å². The molecule has 0 aromatic rings. The summed E-state index contributed by atoms with van der Waals surface area (Å²) in [6, 6.07) is 0. The molecule has 3 saturated heterocycles. The van der Waals surface area contributed by atoms with Crippen molar-refractivity contribution in [2.45, 2.75) is 29.1 Å². The van der Waals surface area contributed by atoms with Gasteiger partial charge in [-0.3, -0.25) is 0 Å². The van der Waals surface area contributed by atoms with Gasteiger partial charge in [-0.05, 0) is 18.8 Å². The highest BCUT2D eigenvalue weighted by Crippen LogP contribution is 2.76. The molecule has 27 heavy (non-hydrogen) atoms. The van der Waals surface area contributed by atoms with Gasteiger partial charge in [0.25, 0.3) is 0 Å². The van der Waals surface area contributed by atoms with Gasteiger partial charge in [-0.1, -0.05) is 0 Å². The summed E-state index contributed by atoms with van der Waals surface area (Å²) in [5.74, 6) is -1.26. The van der Waals surface area contributed by atoms with Crippen LogP contribution in [-0.2, 0) is 27.5 Å². The first kappa shape index (κ1) is 21.8. The van der Waals surface area contributed by atoms with E-state index < -0.39 is 57.1 Å². The van der Waals surface area contributed by atoms with Crippen molar-refractivity contribution in [1.82, 2.24) is 0 Å². The molecule has 6 nitrogen and oxygen atoms in total. The van der Waals surface area contributed by atoms with E-state index in [1.165, 1.54) is 0 Å². The first-order chi connectivity index (χ1) is 12.0. The fourth-order valence-corrected chi connectivity index (χ4v) is 18.2. The van der Waals surface area contributed by atoms with Crippen LogP contribution in [-0.4, -0.2) is 61.9 Å². The van der Waals surface area contributed by atoms with E-state index in [2.05, 4.69) is 3.63 Å². The molecule has 1 aliphatic carbocycles. The Hall–Kier alpha value is 0.1000. The van der Waals surface area contributed by atoms with Crippen molar-refractivity contribution in [2.75, 3.05) is 28.8 Å². The Labute approximate surface area is 155 Å². The number of fused-ring (bicyclic) bond motifs is 3. The molecular weight excluding hydrogens is 470 g/mol. The van der Waals surface area contributed by atoms with Crippen molar-refractivity contribution in [3.63, 3.8) is 0 Å². The number of halogens is 6. The highest BCUT2D eigenvalue weighted by molar-refractivity contribution is 8.41. The van der Waals surface area contributed by atoms with Crippen LogP contribution in [0, 0.1) is 5.92 Å². The van der Waals surface area contributed by atoms with E-state index in [9.17, 15) is 43.2 Å². The Bertz CT molecular complexity index is 807. The fourth-order valence-electron chi connectivity index (χ4n) is 3.30. The summed E-state index contributed by atoms with van der Waals surface area (Å²) in [4.78, 5) is 0. The van der Waals surface area contributed by atoms with Crippen LogP contribution in [0.25, 0.3) is 0 Å². The van der Waals surface area contributed by atoms with Gasteiger partial charge in [-0.15, -0.1) is 20.6 Å². The monoisotopic (exact) mass is 486 g/mol. The van der Waals surface area contributed by atoms with Crippen LogP contribution in [0.5, 0.6) is 0 Å². The van der Waals surface area contributed by atoms with Crippen LogP contribution < -0.4 is 0 Å². The van der Waals surface area contributed by atoms with Gasteiger partial charge in [0, 0.05) is 34.0 Å². The van der Waals surface area contributed by atoms with E-state index in [0.29, 0.717) is 12.8 Å². The maximum atomic E-state index is 12.8. The number of hydrogen-bond donors (Lipinski definition) is 0. The first-order valence-corrected chi connectivity index (χ1v) is 14.5. The molecule has 4 aliphatic rings. The highest BCUT2D eigenvalue weighted by atomic mass is 32.3. The van der Waals surface area contributed by atoms with Crippen LogP contribution in [0.2, 0.25) is 0 Å². The average Bonchev–Trinajstić information content (AvgIpc) is 3.29. The lowest BCUT2D eigenvalue weighted by atomic mass is 10.3. The maximum Gasteiger partial charge on any atom is 0.523 e. The lowest BCUT2D eigenvalue weighted by Gasteiger charge is -2.61. The van der Waals surface area contributed by atoms with Crippen molar-refractivity contribution in [2.24, 2.45) is 5.92 Å². The molecule has 2 bridgehead atoms. The molecule has 1 unspecified atom stereocenters. The smallest absolute Gasteiger partial charge is 0.213 e. The van der Waals surface area contributed by atoms with Gasteiger partial charge in [0.1, 0.15) is 0 Å². The molecular formula is C11H16F6O6S4. The van der Waals surface area contributed by atoms with Crippen molar-refractivity contribution in [3.05, 3.63) is 0 Å². The molecule has 4 fully saturated rings. The summed E-state index contributed by atoms with van der Waals surface area (Å²) in [6.45, 7) is 0. The zero-order valence-electron chi connectivity index (χ0n) is 13.5. The summed E-state index contributed by atoms with van der Waals surface area (Å²) in [5.41, 5.74) is -11.2. The van der Waals surface area contributed by atoms with Crippen molar-refractivity contribution in [1.29, 1.82) is 0 Å². The standard InChI is InChI=1S/C11H16F6O6S4/c12-10(13,14)26(18,19)22-24-3-5-25(6-4-24,9(7-24)8-1-2-8)23-27(20,21)11(15,16)17/h8-9H,1-7H2. The number of rotatable bonds is 5. The van der Waals surface area contributed by atoms with Crippen molar-refractivity contribution in [3.8, 4) is 0 Å². The molecule has 3 aliphatic heterocycles. The van der Waals surface area contributed by atoms with Crippen LogP contribution in [0.4, 0.5) is 26.3 Å². The predicted octanol–water partition coefficient (Wildman–Crippen LogP) is 2.96. The van der Waals surface area contributed by atoms with E-state index in [0.717, 1.165) is 0 Å². The predicted molar refractivity (Wildman–Crippen MR) is 88.1 cm³/mol. The third kappa shape index (κ3) is 3.93. The van der Waals surface area contributed by atoms with Gasteiger partial charge >= 0.3 is 31.3 Å². The van der Waals surface area contributed by atoms with Crippen LogP contribution in [0.1, 0.15) is 12.8 Å². The van der Waals surface area contributed by atoms with Gasteiger partial charge < -0.3 is 0 Å². The Morgan fingerprint density at radius 3 is 1.59 bits per heavy atom. The van der Waals surface area contributed by atoms with E-state index >= 15 is 0 Å². The van der Waals surface area contributed by atoms with E-state index in [1.807, 2.05) is 0 Å². The summed E-state index contributed by atoms with van der Waals surface area (Å²) in [6.07, 6.45) is 1.16. The van der Waals surface area contributed by atoms with Crippen LogP contribution >= 0.6 is 20.6 Å². The number of alkyl halides is 6. The van der Waals surface area contributed by atoms with Gasteiger partial charge in [0.2, 0.25) is 0 Å². The Morgan fingerprint density at radius 2 is 1.19 bits per heavy atom. The maximum absolute atomic E-state index is 12.8. The molecule has 0 aromatic carbocycles. The second kappa shape index (κ2) is 6.30. The molecule has 16 heteroatoms. The third-order valence-electron chi connectivity index (χ3n) is 4.80. The second-order valence-corrected chi connectivity index (χ2v) is 16.7. The molecule has 0 amide bonds. The summed E-state index contributed by atoms with van der Waals surface area (Å²) >= 11 is 0. The van der Waals surface area contributed by atoms with Crippen LogP contribution in [0.15, 0.2) is 0 Å². The Balaban J connectivity index is 1.88. The summed E-state index contributed by atoms with van der Waals surface area (Å²) in [7, 11) is -17.2. The summed E-state index contributed by atoms with van der Waals surface area (Å²) in [5, 5.41) is -0.712. The molecule has 0 aromatic heterocycles. The number of hydrogen-bond acceptors (Lipinski definition) is 6. The Kier molecular flexibility index (Phi) is 5.08. The molecule has 1 atom stereocenters. The summed E-state index contributed by atoms with van der Waals surface area (Å²) < 4.78 is 132. The normalized spacial score (nSPS) is 40.1. The molecule has 0 radical (unpaired) electrons. The Morgan fingerprint density at radius 1 is 0.741 bits per heavy atom. The topological polar surface area (TPSA) is 86.7 Å². The highest BCUT2D eigenvalue weighted by Gasteiger charge is 2.62. The zero-order chi connectivity index (χ0) is 20.5. The second-order valence-electron chi connectivity index (χ2n) is 6.63. The minimum atomic E-state index is -5.85. The molecule has 0 spiro atoms. The van der Waals surface area contributed by atoms with Gasteiger partial charge in [0.15, 0.2) is 0 Å². The fraction of sp³-hybridized carbons (Fsp3) is 1.00. The third-order valence-corrected chi connectivity index (χ3v) is 16.6. The zero-order valence-corrected chi connectivity index (χ0v) is 16.7. The average molecular weight is 486 g/mol. The van der Waals surface area contributed by atoms with Gasteiger partial charge in [0.05, 0.1) is 0 Å². The largest absolute Gasteiger partial charge is 0.523 e. The molecule has 4 rings (SSSR count). The minimum absolute atomic E-state index is 0.185. The lowest BCUT2D eigenvalue weighted by molar-refractivity contribution is -0.0502. The van der Waals surface area contributed by atoms with Crippen LogP contribution in [0.3, 0.4) is 0 Å². The molecule has 0 N–H and O–H groups in total. The van der Waals surface area contributed by atoms with Crippen molar-refractivity contribution < 1.29 is 50.4 Å². The van der Waals surface area contributed by atoms with E-state index in [4.69, 9.17) is 3.63 Å². The minimum Gasteiger partial charge on any atom is -0.213 e. The van der Waals surface area contributed by atoms with E-state index in [1.54, 1.807) is 0 Å². The van der Waals surface area contributed by atoms with E-state index in [-0.39, 0.29) is 34.7 Å². The first-order valence-electron chi connectivity index (χ1n) is 7.61. The molecule has 3 heterocycles.